The average molecular weight is 430 g/mol. The highest BCUT2D eigenvalue weighted by Crippen LogP contribution is 2.34. The zero-order valence-corrected chi connectivity index (χ0v) is 16.2. The number of hydrogen-bond acceptors (Lipinski definition) is 4. The van der Waals surface area contributed by atoms with Crippen molar-refractivity contribution in [1.82, 2.24) is 15.0 Å². The van der Waals surface area contributed by atoms with Crippen LogP contribution in [0.5, 0.6) is 0 Å². The van der Waals surface area contributed by atoms with E-state index >= 15 is 0 Å². The van der Waals surface area contributed by atoms with Crippen molar-refractivity contribution in [3.63, 3.8) is 0 Å². The van der Waals surface area contributed by atoms with E-state index in [1.54, 1.807) is 17.0 Å². The molecule has 138 valence electrons. The molecule has 0 spiro atoms. The molecular formula is C20H17BrFN3O2. The molecule has 2 aromatic carbocycles. The van der Waals surface area contributed by atoms with Crippen molar-refractivity contribution in [2.45, 2.75) is 32.4 Å². The van der Waals surface area contributed by atoms with Gasteiger partial charge in [0.25, 0.3) is 0 Å². The van der Waals surface area contributed by atoms with E-state index < -0.39 is 0 Å². The molecule has 1 saturated heterocycles. The van der Waals surface area contributed by atoms with E-state index in [1.807, 2.05) is 31.2 Å². The van der Waals surface area contributed by atoms with Gasteiger partial charge in [-0.1, -0.05) is 57.0 Å². The Hall–Kier alpha value is -2.54. The molecule has 1 fully saturated rings. The number of hydrogen-bond donors (Lipinski definition) is 0. The number of benzene rings is 2. The summed E-state index contributed by atoms with van der Waals surface area (Å²) >= 11 is 3.24. The molecule has 0 saturated carbocycles. The lowest BCUT2D eigenvalue weighted by molar-refractivity contribution is -0.130. The molecule has 1 amide bonds. The Balaban J connectivity index is 1.59. The molecule has 7 heteroatoms. The molecule has 1 aromatic heterocycles. The predicted octanol–water partition coefficient (Wildman–Crippen LogP) is 4.81. The lowest BCUT2D eigenvalue weighted by atomic mass is 10.1. The van der Waals surface area contributed by atoms with Crippen LogP contribution in [0.15, 0.2) is 51.5 Å². The van der Waals surface area contributed by atoms with Crippen molar-refractivity contribution in [2.75, 3.05) is 0 Å². The van der Waals surface area contributed by atoms with Gasteiger partial charge >= 0.3 is 0 Å². The first-order valence-electron chi connectivity index (χ1n) is 8.65. The standard InChI is InChI=1S/C20H17BrFN3O2/c1-12-2-4-13(5-3-12)19-23-20(27-24-19)17-8-9-18(26)25(17)11-14-6-7-15(21)10-16(14)22/h2-7,10,17H,8-9,11H2,1H3. The molecule has 1 aliphatic rings. The van der Waals surface area contributed by atoms with Crippen molar-refractivity contribution in [3.05, 3.63) is 69.8 Å². The third-order valence-electron chi connectivity index (χ3n) is 4.72. The van der Waals surface area contributed by atoms with Gasteiger partial charge in [0.2, 0.25) is 17.6 Å². The topological polar surface area (TPSA) is 59.2 Å². The minimum Gasteiger partial charge on any atom is -0.337 e. The van der Waals surface area contributed by atoms with Gasteiger partial charge in [-0.25, -0.2) is 4.39 Å². The number of aromatic nitrogens is 2. The summed E-state index contributed by atoms with van der Waals surface area (Å²) in [6.07, 6.45) is 0.956. The summed E-state index contributed by atoms with van der Waals surface area (Å²) in [6.45, 7) is 2.18. The summed E-state index contributed by atoms with van der Waals surface area (Å²) in [5.41, 5.74) is 2.45. The molecule has 4 rings (SSSR count). The minimum atomic E-state index is -0.353. The number of rotatable bonds is 4. The minimum absolute atomic E-state index is 0.0441. The second-order valence-electron chi connectivity index (χ2n) is 6.63. The molecule has 0 aliphatic carbocycles. The van der Waals surface area contributed by atoms with Crippen LogP contribution >= 0.6 is 15.9 Å². The van der Waals surface area contributed by atoms with Crippen molar-refractivity contribution >= 4 is 21.8 Å². The Morgan fingerprint density at radius 1 is 1.26 bits per heavy atom. The first-order valence-corrected chi connectivity index (χ1v) is 9.44. The first-order chi connectivity index (χ1) is 13.0. The summed E-state index contributed by atoms with van der Waals surface area (Å²) in [5.74, 6) is 0.471. The number of amides is 1. The number of likely N-dealkylation sites (tertiary alicyclic amines) is 1. The van der Waals surface area contributed by atoms with Crippen molar-refractivity contribution in [1.29, 1.82) is 0 Å². The Labute approximate surface area is 164 Å². The Morgan fingerprint density at radius 3 is 2.78 bits per heavy atom. The smallest absolute Gasteiger partial charge is 0.249 e. The fourth-order valence-corrected chi connectivity index (χ4v) is 3.55. The highest BCUT2D eigenvalue weighted by molar-refractivity contribution is 9.10. The van der Waals surface area contributed by atoms with E-state index in [0.717, 1.165) is 11.1 Å². The molecule has 2 heterocycles. The molecule has 3 aromatic rings. The number of nitrogens with zero attached hydrogens (tertiary/aromatic N) is 3. The summed E-state index contributed by atoms with van der Waals surface area (Å²) in [5, 5.41) is 4.05. The Morgan fingerprint density at radius 2 is 2.04 bits per heavy atom. The van der Waals surface area contributed by atoms with Crippen LogP contribution in [0.3, 0.4) is 0 Å². The van der Waals surface area contributed by atoms with Crippen LogP contribution in [0.2, 0.25) is 0 Å². The number of carbonyl (C=O) groups is 1. The van der Waals surface area contributed by atoms with Crippen LogP contribution in [0.25, 0.3) is 11.4 Å². The second-order valence-corrected chi connectivity index (χ2v) is 7.55. The monoisotopic (exact) mass is 429 g/mol. The second kappa shape index (κ2) is 7.23. The molecular weight excluding hydrogens is 413 g/mol. The van der Waals surface area contributed by atoms with E-state index in [9.17, 15) is 9.18 Å². The maximum Gasteiger partial charge on any atom is 0.249 e. The van der Waals surface area contributed by atoms with Crippen molar-refractivity contribution in [3.8, 4) is 11.4 Å². The summed E-state index contributed by atoms with van der Waals surface area (Å²) in [7, 11) is 0. The third kappa shape index (κ3) is 3.64. The number of carbonyl (C=O) groups excluding carboxylic acids is 1. The van der Waals surface area contributed by atoms with Gasteiger partial charge in [0.1, 0.15) is 11.9 Å². The van der Waals surface area contributed by atoms with E-state index in [0.29, 0.717) is 34.6 Å². The van der Waals surface area contributed by atoms with Gasteiger partial charge in [-0.15, -0.1) is 0 Å². The van der Waals surface area contributed by atoms with Crippen molar-refractivity contribution in [2.24, 2.45) is 0 Å². The normalized spacial score (nSPS) is 16.9. The van der Waals surface area contributed by atoms with E-state index in [1.165, 1.54) is 6.07 Å². The maximum atomic E-state index is 14.2. The average Bonchev–Trinajstić information content (AvgIpc) is 3.25. The van der Waals surface area contributed by atoms with Gasteiger partial charge in [0.15, 0.2) is 0 Å². The van der Waals surface area contributed by atoms with E-state index in [-0.39, 0.29) is 24.3 Å². The molecule has 0 radical (unpaired) electrons. The molecule has 1 atom stereocenters. The zero-order valence-electron chi connectivity index (χ0n) is 14.7. The summed E-state index contributed by atoms with van der Waals surface area (Å²) in [4.78, 5) is 18.5. The number of halogens is 2. The molecule has 27 heavy (non-hydrogen) atoms. The van der Waals surface area contributed by atoms with Gasteiger partial charge < -0.3 is 9.42 Å². The molecule has 0 N–H and O–H groups in total. The molecule has 1 aliphatic heterocycles. The highest BCUT2D eigenvalue weighted by atomic mass is 79.9. The summed E-state index contributed by atoms with van der Waals surface area (Å²) < 4.78 is 20.3. The number of aryl methyl sites for hydroxylation is 1. The largest absolute Gasteiger partial charge is 0.337 e. The first kappa shape index (κ1) is 17.9. The SMILES string of the molecule is Cc1ccc(-c2noc(C3CCC(=O)N3Cc3ccc(Br)cc3F)n2)cc1. The molecule has 0 bridgehead atoms. The van der Waals surface area contributed by atoms with Gasteiger partial charge in [-0.2, -0.15) is 4.98 Å². The van der Waals surface area contributed by atoms with Crippen LogP contribution in [-0.4, -0.2) is 20.9 Å². The van der Waals surface area contributed by atoms with Crippen LogP contribution in [-0.2, 0) is 11.3 Å². The molecule has 1 unspecified atom stereocenters. The lowest BCUT2D eigenvalue weighted by Crippen LogP contribution is -2.27. The van der Waals surface area contributed by atoms with Crippen molar-refractivity contribution < 1.29 is 13.7 Å². The van der Waals surface area contributed by atoms with Gasteiger partial charge in [-0.05, 0) is 25.5 Å². The molecule has 5 nitrogen and oxygen atoms in total. The Kier molecular flexibility index (Phi) is 4.78. The fourth-order valence-electron chi connectivity index (χ4n) is 3.21. The maximum absolute atomic E-state index is 14.2. The third-order valence-corrected chi connectivity index (χ3v) is 5.21. The van der Waals surface area contributed by atoms with Gasteiger partial charge in [-0.3, -0.25) is 4.79 Å². The lowest BCUT2D eigenvalue weighted by Gasteiger charge is -2.22. The fraction of sp³-hybridized carbons (Fsp3) is 0.250. The quantitative estimate of drug-likeness (QED) is 0.596. The van der Waals surface area contributed by atoms with E-state index in [2.05, 4.69) is 26.1 Å². The van der Waals surface area contributed by atoms with Crippen LogP contribution in [0, 0.1) is 12.7 Å². The predicted molar refractivity (Wildman–Crippen MR) is 101 cm³/mol. The van der Waals surface area contributed by atoms with Crippen LogP contribution in [0.1, 0.15) is 35.9 Å². The summed E-state index contributed by atoms with van der Waals surface area (Å²) in [6, 6.07) is 12.3. The highest BCUT2D eigenvalue weighted by Gasteiger charge is 2.36. The van der Waals surface area contributed by atoms with Crippen LogP contribution in [0.4, 0.5) is 4.39 Å². The zero-order chi connectivity index (χ0) is 19.0. The van der Waals surface area contributed by atoms with Gasteiger partial charge in [0.05, 0.1) is 0 Å². The van der Waals surface area contributed by atoms with Crippen LogP contribution < -0.4 is 0 Å². The van der Waals surface area contributed by atoms with Gasteiger partial charge in [0, 0.05) is 28.6 Å². The Bertz CT molecular complexity index is 987. The van der Waals surface area contributed by atoms with E-state index in [4.69, 9.17) is 4.52 Å².